The first kappa shape index (κ1) is 131. The monoisotopic (exact) mass is 2170 g/mol. The number of aliphatic hydroxyl groups is 48. The van der Waals surface area contributed by atoms with Crippen molar-refractivity contribution >= 4 is 18.6 Å². The fourth-order valence-electron chi connectivity index (χ4n) is 15.9. The summed E-state index contributed by atoms with van der Waals surface area (Å²) in [6, 6.07) is -0.816. The number of carbonyl (C=O) groups is 1. The zero-order valence-electron chi connectivity index (χ0n) is 75.9. The molecule has 145 heavy (non-hydrogen) atoms. The van der Waals surface area contributed by atoms with Gasteiger partial charge in [0.25, 0.3) is 0 Å². The van der Waals surface area contributed by atoms with E-state index in [0.717, 1.165) is 0 Å². The average molecular weight is 2170 g/mol. The highest BCUT2D eigenvalue weighted by atomic mass is 32.1. The number of hydrogen-bond donors (Lipinski definition) is 51. The predicted octanol–water partition coefficient (Wildman–Crippen LogP) is -33.0. The quantitative estimate of drug-likeness (QED) is 0.0278. The van der Waals surface area contributed by atoms with Gasteiger partial charge in [-0.1, -0.05) is 0 Å². The second kappa shape index (κ2) is 57.2. The zero-order chi connectivity index (χ0) is 110. The molecule has 12 fully saturated rings. The molecule has 12 saturated heterocycles. The van der Waals surface area contributed by atoms with Crippen molar-refractivity contribution in [2.45, 2.75) is 335 Å². The Morgan fingerprint density at radius 3 is 0.400 bits per heavy atom. The zero-order valence-corrected chi connectivity index (χ0v) is 76.8. The van der Waals surface area contributed by atoms with Gasteiger partial charge in [0.2, 0.25) is 34.7 Å². The van der Waals surface area contributed by atoms with E-state index >= 15 is 0 Å². The van der Waals surface area contributed by atoms with Gasteiger partial charge >= 0.3 is 5.97 Å². The summed E-state index contributed by atoms with van der Waals surface area (Å²) in [7, 11) is 0. The van der Waals surface area contributed by atoms with Crippen LogP contribution in [0, 0.1) is 0 Å². The Balaban J connectivity index is 0.000000262. The molecule has 70 heteroatoms. The van der Waals surface area contributed by atoms with E-state index in [2.05, 4.69) is 12.6 Å². The summed E-state index contributed by atoms with van der Waals surface area (Å²) in [5, 5.41) is 468. The molecule has 12 aliphatic rings. The number of aliphatic hydroxyl groups excluding tert-OH is 48. The number of rotatable bonds is 32. The van der Waals surface area contributed by atoms with Gasteiger partial charge in [-0.05, 0) is 0 Å². The van der Waals surface area contributed by atoms with E-state index in [1.54, 1.807) is 0 Å². The lowest BCUT2D eigenvalue weighted by molar-refractivity contribution is -0.383. The van der Waals surface area contributed by atoms with Crippen LogP contribution in [0.1, 0.15) is 0 Å². The average Bonchev–Trinajstić information content (AvgIpc) is 1.66. The fraction of sp³-hybridized carbons (Fsp3) is 0.987. The van der Waals surface area contributed by atoms with Gasteiger partial charge in [0, 0.05) is 5.75 Å². The van der Waals surface area contributed by atoms with E-state index < -0.39 is 460 Å². The summed E-state index contributed by atoms with van der Waals surface area (Å²) in [6.45, 7) is -13.9. The van der Waals surface area contributed by atoms with Crippen molar-refractivity contribution in [1.29, 1.82) is 0 Å². The van der Waals surface area contributed by atoms with E-state index in [1.807, 2.05) is 0 Å². The van der Waals surface area contributed by atoms with Crippen molar-refractivity contribution in [3.05, 3.63) is 0 Å². The Bertz CT molecular complexity index is 3120. The van der Waals surface area contributed by atoms with Gasteiger partial charge in [0.15, 0.2) is 37.7 Å². The number of carboxylic acid groups (broad SMARTS) is 1. The van der Waals surface area contributed by atoms with Crippen molar-refractivity contribution in [2.24, 2.45) is 5.73 Å². The number of ether oxygens (including phenoxy) is 18. The van der Waals surface area contributed by atoms with E-state index in [1.165, 1.54) is 0 Å². The van der Waals surface area contributed by atoms with Crippen molar-refractivity contribution in [3.63, 3.8) is 0 Å². The van der Waals surface area contributed by atoms with Gasteiger partial charge in [-0.25, -0.2) is 0 Å². The van der Waals surface area contributed by atoms with Gasteiger partial charge in [-0.3, -0.25) is 4.79 Å². The molecule has 55 atom stereocenters. The molecule has 0 bridgehead atoms. The molecule has 69 nitrogen and oxygen atoms in total. The van der Waals surface area contributed by atoms with Gasteiger partial charge in [-0.15, -0.1) is 0 Å². The lowest BCUT2D eigenvalue weighted by Gasteiger charge is -2.43. The van der Waals surface area contributed by atoms with E-state index in [9.17, 15) is 189 Å². The molecule has 12 aliphatic heterocycles. The molecule has 51 N–H and O–H groups in total. The molecule has 12 rings (SSSR count). The van der Waals surface area contributed by atoms with Crippen molar-refractivity contribution in [1.82, 2.24) is 0 Å². The van der Waals surface area contributed by atoms with Crippen LogP contribution in [0.5, 0.6) is 0 Å². The first-order valence-electron chi connectivity index (χ1n) is 44.1. The molecule has 0 aromatic rings. The van der Waals surface area contributed by atoms with Crippen LogP contribution in [-0.2, 0) is 90.1 Å². The second-order valence-electron chi connectivity index (χ2n) is 34.5. The number of nitrogens with two attached hydrogens (primary N) is 1. The van der Waals surface area contributed by atoms with Crippen LogP contribution >= 0.6 is 12.6 Å². The summed E-state index contributed by atoms with van der Waals surface area (Å²) < 4.78 is 92.7. The van der Waals surface area contributed by atoms with E-state index in [0.29, 0.717) is 0 Å². The highest BCUT2D eigenvalue weighted by Gasteiger charge is 2.66. The highest BCUT2D eigenvalue weighted by Crippen LogP contribution is 2.44. The Kier molecular flexibility index (Phi) is 51.6. The number of carboxylic acids is 1. The van der Waals surface area contributed by atoms with Gasteiger partial charge < -0.3 is 341 Å². The largest absolute Gasteiger partial charge is 0.480 e. The summed E-state index contributed by atoms with van der Waals surface area (Å²) in [5.41, 5.74) is 4.94. The van der Waals surface area contributed by atoms with Crippen molar-refractivity contribution in [3.8, 4) is 0 Å². The number of aliphatic carboxylic acids is 1. The molecule has 0 aliphatic carbocycles. The molecule has 0 aromatic carbocycles. The smallest absolute Gasteiger partial charge is 0.321 e. The Hall–Kier alpha value is -2.86. The Morgan fingerprint density at radius 1 is 0.207 bits per heavy atom. The highest BCUT2D eigenvalue weighted by molar-refractivity contribution is 7.80. The molecule has 0 saturated carbocycles. The topological polar surface area (TPSA) is 1200 Å². The summed E-state index contributed by atoms with van der Waals surface area (Å²) in [4.78, 5) is 9.76. The van der Waals surface area contributed by atoms with Gasteiger partial charge in [0.05, 0.1) is 79.3 Å². The van der Waals surface area contributed by atoms with E-state index in [-0.39, 0.29) is 5.75 Å². The number of hydrogen-bond acceptors (Lipinski definition) is 69. The second-order valence-corrected chi connectivity index (χ2v) is 34.8. The van der Waals surface area contributed by atoms with Crippen LogP contribution in [0.4, 0.5) is 0 Å². The van der Waals surface area contributed by atoms with E-state index in [4.69, 9.17) is 157 Å². The van der Waals surface area contributed by atoms with Crippen LogP contribution < -0.4 is 5.73 Å². The third-order valence-corrected chi connectivity index (χ3v) is 25.3. The third-order valence-electron chi connectivity index (χ3n) is 24.9. The Morgan fingerprint density at radius 2 is 0.324 bits per heavy atom. The molecule has 0 radical (unpaired) electrons. The van der Waals surface area contributed by atoms with Crippen LogP contribution in [0.15, 0.2) is 0 Å². The molecule has 0 spiro atoms. The van der Waals surface area contributed by atoms with Crippen LogP contribution in [-0.4, -0.2) is 716 Å². The first-order valence-corrected chi connectivity index (χ1v) is 44.7. The maximum atomic E-state index is 10.00. The lowest BCUT2D eigenvalue weighted by Crippen LogP contribution is -2.62. The van der Waals surface area contributed by atoms with Crippen LogP contribution in [0.25, 0.3) is 0 Å². The van der Waals surface area contributed by atoms with Crippen molar-refractivity contribution < 1.29 is 340 Å². The summed E-state index contributed by atoms with van der Waals surface area (Å²) in [6.07, 6.45) is -75.9. The minimum Gasteiger partial charge on any atom is -0.480 e. The van der Waals surface area contributed by atoms with Crippen LogP contribution in [0.3, 0.4) is 0 Å². The molecular formula is C75H139NO68S. The van der Waals surface area contributed by atoms with Gasteiger partial charge in [-0.2, -0.15) is 12.6 Å². The normalized spacial score (nSPS) is 49.3. The summed E-state index contributed by atoms with van der Waals surface area (Å²) in [5.74, 6) is -14.1. The predicted molar refractivity (Wildman–Crippen MR) is 441 cm³/mol. The molecule has 12 heterocycles. The maximum absolute atomic E-state index is 10.00. The molecule has 858 valence electrons. The minimum atomic E-state index is -2.22. The third kappa shape index (κ3) is 28.6. The Labute approximate surface area is 821 Å². The molecular weight excluding hydrogens is 2030 g/mol. The van der Waals surface area contributed by atoms with Crippen molar-refractivity contribution in [2.75, 3.05) is 125 Å². The first-order chi connectivity index (χ1) is 68.0. The molecule has 0 aromatic heterocycles. The fourth-order valence-corrected chi connectivity index (χ4v) is 16.0. The molecule has 0 amide bonds. The summed E-state index contributed by atoms with van der Waals surface area (Å²) >= 11 is 3.65. The SMILES string of the molecule is NC(CS)C(=O)O.OC[C@H]1O[C@@](CO)(O[C@H]2O[C@H](CO)[C@@H](O)[C@H](O)[C@H]2O)[C@@H](O)[C@@H]1O.OC[C@H]1O[C@@](CO)(O[C@H]2O[C@H](CO)[C@@H](O)[C@H](O)[C@H]2O)[C@@H](O)[C@@H]1O.OC[C@H]1O[C@@](CO)(O[C@H]2O[C@H](CO)[C@@H](O)[C@H](O)[C@H]2O)[C@@H](O)[C@@H]1O.OC[C@H]1O[C@@](CO)(O[C@H]2O[C@H](CO)[C@@H](O)[C@H](O)[C@H]2O)[C@@H](O)[C@@H]1O.OC[C@H]1O[C@@](CO)(O[C@H]2O[C@H](CO)[C@@H](O)[C@H](O)[C@H]2O)[C@@H](O)[C@@H]1O.OC[C@H]1O[C@@](CO)(O[C@H]2O[C@H](CO)[C@@H](O)[C@H](O)[C@H]2O)[C@@H](O)[C@@H]1O. The minimum absolute atomic E-state index is 0.190. The lowest BCUT2D eigenvalue weighted by atomic mass is 9.99. The van der Waals surface area contributed by atoms with Gasteiger partial charge in [0.1, 0.15) is 302 Å². The standard InChI is InChI=1S/6C12H22O11.C3H7NO2S/c6*13-1-4-6(16)8(18)9(19)11(21-4)23-12(3-15)10(20)7(17)5(2-14)22-12;4-2(1-7)3(5)6/h6*4-11,13-20H,1-3H2;2,7H,1,4H2,(H,5,6)/t6*4-,5-,6-,7-,8+,9-,10+,11-,12+;/m111111./s1. The maximum Gasteiger partial charge on any atom is 0.321 e. The molecule has 1 unspecified atom stereocenters. The van der Waals surface area contributed by atoms with Crippen LogP contribution in [0.2, 0.25) is 0 Å². The number of thiol groups is 1.